The molecule has 1 amide bonds. The first-order chi connectivity index (χ1) is 14.4. The Morgan fingerprint density at radius 1 is 1.07 bits per heavy atom. The van der Waals surface area contributed by atoms with Gasteiger partial charge in [-0.2, -0.15) is 4.31 Å². The van der Waals surface area contributed by atoms with Gasteiger partial charge in [0, 0.05) is 25.2 Å². The SMILES string of the molecule is Cc1cccc(OCCCNC(=O)c2ccc(C)c(S(=O)(=O)N3CCCCC3)c2)c1. The first-order valence-electron chi connectivity index (χ1n) is 10.5. The molecule has 1 aliphatic rings. The van der Waals surface area contributed by atoms with Gasteiger partial charge in [-0.1, -0.05) is 24.6 Å². The van der Waals surface area contributed by atoms with Crippen molar-refractivity contribution >= 4 is 15.9 Å². The summed E-state index contributed by atoms with van der Waals surface area (Å²) in [6.45, 7) is 5.80. The molecule has 1 heterocycles. The lowest BCUT2D eigenvalue weighted by Crippen LogP contribution is -2.36. The van der Waals surface area contributed by atoms with Crippen molar-refractivity contribution < 1.29 is 17.9 Å². The fraction of sp³-hybridized carbons (Fsp3) is 0.435. The van der Waals surface area contributed by atoms with E-state index in [0.29, 0.717) is 43.8 Å². The number of hydrogen-bond donors (Lipinski definition) is 1. The quantitative estimate of drug-likeness (QED) is 0.648. The number of nitrogens with one attached hydrogen (secondary N) is 1. The molecule has 2 aromatic rings. The predicted octanol–water partition coefficient (Wildman–Crippen LogP) is 3.68. The largest absolute Gasteiger partial charge is 0.494 e. The minimum Gasteiger partial charge on any atom is -0.494 e. The zero-order valence-electron chi connectivity index (χ0n) is 17.7. The second-order valence-corrected chi connectivity index (χ2v) is 9.63. The molecule has 1 aliphatic heterocycles. The summed E-state index contributed by atoms with van der Waals surface area (Å²) in [6, 6.07) is 12.7. The zero-order chi connectivity index (χ0) is 21.6. The molecule has 0 aliphatic carbocycles. The third kappa shape index (κ3) is 5.61. The predicted molar refractivity (Wildman–Crippen MR) is 117 cm³/mol. The van der Waals surface area contributed by atoms with Gasteiger partial charge in [-0.25, -0.2) is 8.42 Å². The normalized spacial score (nSPS) is 15.0. The molecule has 0 aromatic heterocycles. The van der Waals surface area contributed by atoms with Gasteiger partial charge in [0.2, 0.25) is 10.0 Å². The Kier molecular flexibility index (Phi) is 7.50. The molecule has 0 atom stereocenters. The molecule has 6 nitrogen and oxygen atoms in total. The molecule has 7 heteroatoms. The molecule has 0 unspecified atom stereocenters. The van der Waals surface area contributed by atoms with E-state index < -0.39 is 10.0 Å². The fourth-order valence-electron chi connectivity index (χ4n) is 3.53. The van der Waals surface area contributed by atoms with Gasteiger partial charge < -0.3 is 10.1 Å². The molecule has 1 N–H and O–H groups in total. The molecular formula is C23H30N2O4S. The third-order valence-electron chi connectivity index (χ3n) is 5.25. The maximum absolute atomic E-state index is 13.0. The summed E-state index contributed by atoms with van der Waals surface area (Å²) in [5.74, 6) is 0.535. The molecule has 0 spiro atoms. The van der Waals surface area contributed by atoms with Crippen LogP contribution in [0.5, 0.6) is 5.75 Å². The number of carbonyl (C=O) groups excluding carboxylic acids is 1. The lowest BCUT2D eigenvalue weighted by molar-refractivity contribution is 0.0951. The van der Waals surface area contributed by atoms with Crippen LogP contribution in [-0.2, 0) is 10.0 Å². The number of amides is 1. The Balaban J connectivity index is 1.56. The van der Waals surface area contributed by atoms with Gasteiger partial charge in [-0.3, -0.25) is 4.79 Å². The number of carbonyl (C=O) groups is 1. The first-order valence-corrected chi connectivity index (χ1v) is 11.9. The van der Waals surface area contributed by atoms with Crippen LogP contribution in [0.15, 0.2) is 47.4 Å². The maximum atomic E-state index is 13.0. The highest BCUT2D eigenvalue weighted by Gasteiger charge is 2.28. The Labute approximate surface area is 179 Å². The summed E-state index contributed by atoms with van der Waals surface area (Å²) in [5, 5.41) is 2.85. The monoisotopic (exact) mass is 430 g/mol. The van der Waals surface area contributed by atoms with Crippen molar-refractivity contribution in [2.75, 3.05) is 26.2 Å². The van der Waals surface area contributed by atoms with Crippen LogP contribution in [0.2, 0.25) is 0 Å². The third-order valence-corrected chi connectivity index (χ3v) is 7.29. The van der Waals surface area contributed by atoms with Crippen LogP contribution in [0.1, 0.15) is 47.2 Å². The van der Waals surface area contributed by atoms with Crippen molar-refractivity contribution in [3.63, 3.8) is 0 Å². The fourth-order valence-corrected chi connectivity index (χ4v) is 5.30. The van der Waals surface area contributed by atoms with E-state index in [0.717, 1.165) is 30.6 Å². The van der Waals surface area contributed by atoms with E-state index in [9.17, 15) is 13.2 Å². The average molecular weight is 431 g/mol. The average Bonchev–Trinajstić information content (AvgIpc) is 2.74. The van der Waals surface area contributed by atoms with Crippen LogP contribution in [0.3, 0.4) is 0 Å². The van der Waals surface area contributed by atoms with Gasteiger partial charge in [0.05, 0.1) is 11.5 Å². The second kappa shape index (κ2) is 10.1. The number of piperidine rings is 1. The number of aryl methyl sites for hydroxylation is 2. The van der Waals surface area contributed by atoms with Crippen molar-refractivity contribution in [1.82, 2.24) is 9.62 Å². The number of ether oxygens (including phenoxy) is 1. The Hall–Kier alpha value is -2.38. The van der Waals surface area contributed by atoms with Crippen molar-refractivity contribution in [1.29, 1.82) is 0 Å². The van der Waals surface area contributed by atoms with Crippen LogP contribution in [0.25, 0.3) is 0 Å². The van der Waals surface area contributed by atoms with Crippen molar-refractivity contribution in [2.45, 2.75) is 44.4 Å². The van der Waals surface area contributed by atoms with E-state index in [1.54, 1.807) is 19.1 Å². The van der Waals surface area contributed by atoms with Crippen LogP contribution in [0, 0.1) is 13.8 Å². The summed E-state index contributed by atoms with van der Waals surface area (Å²) < 4.78 is 33.3. The standard InChI is InChI=1S/C23H30N2O4S/c1-18-8-6-9-21(16-18)29-15-7-12-24-23(26)20-11-10-19(2)22(17-20)30(27,28)25-13-4-3-5-14-25/h6,8-11,16-17H,3-5,7,12-15H2,1-2H3,(H,24,26). The van der Waals surface area contributed by atoms with E-state index in [1.165, 1.54) is 10.4 Å². The van der Waals surface area contributed by atoms with E-state index in [1.807, 2.05) is 31.2 Å². The molecule has 162 valence electrons. The molecule has 1 fully saturated rings. The smallest absolute Gasteiger partial charge is 0.251 e. The van der Waals surface area contributed by atoms with E-state index in [-0.39, 0.29) is 10.8 Å². The topological polar surface area (TPSA) is 75.7 Å². The minimum atomic E-state index is -3.58. The van der Waals surface area contributed by atoms with Gasteiger partial charge >= 0.3 is 0 Å². The van der Waals surface area contributed by atoms with E-state index in [2.05, 4.69) is 5.32 Å². The van der Waals surface area contributed by atoms with Gasteiger partial charge in [0.25, 0.3) is 5.91 Å². The van der Waals surface area contributed by atoms with Gasteiger partial charge in [-0.15, -0.1) is 0 Å². The Morgan fingerprint density at radius 3 is 2.57 bits per heavy atom. The summed E-state index contributed by atoms with van der Waals surface area (Å²) in [6.07, 6.45) is 3.47. The van der Waals surface area contributed by atoms with Crippen LogP contribution < -0.4 is 10.1 Å². The van der Waals surface area contributed by atoms with Crippen molar-refractivity contribution in [3.05, 3.63) is 59.2 Å². The highest BCUT2D eigenvalue weighted by atomic mass is 32.2. The van der Waals surface area contributed by atoms with Gasteiger partial charge in [0.1, 0.15) is 5.75 Å². The number of rotatable bonds is 8. The van der Waals surface area contributed by atoms with E-state index >= 15 is 0 Å². The molecule has 0 bridgehead atoms. The molecule has 1 saturated heterocycles. The Bertz CT molecular complexity index is 982. The maximum Gasteiger partial charge on any atom is 0.251 e. The lowest BCUT2D eigenvalue weighted by Gasteiger charge is -2.26. The minimum absolute atomic E-state index is 0.222. The lowest BCUT2D eigenvalue weighted by atomic mass is 10.1. The number of sulfonamides is 1. The second-order valence-electron chi connectivity index (χ2n) is 7.72. The van der Waals surface area contributed by atoms with Crippen LogP contribution in [0.4, 0.5) is 0 Å². The Morgan fingerprint density at radius 2 is 1.83 bits per heavy atom. The molecule has 0 radical (unpaired) electrons. The van der Waals surface area contributed by atoms with Crippen LogP contribution in [-0.4, -0.2) is 44.9 Å². The summed E-state index contributed by atoms with van der Waals surface area (Å²) in [4.78, 5) is 12.8. The van der Waals surface area contributed by atoms with Crippen LogP contribution >= 0.6 is 0 Å². The number of hydrogen-bond acceptors (Lipinski definition) is 4. The van der Waals surface area contributed by atoms with Crippen molar-refractivity contribution in [2.24, 2.45) is 0 Å². The number of nitrogens with zero attached hydrogens (tertiary/aromatic N) is 1. The molecule has 3 rings (SSSR count). The molecule has 2 aromatic carbocycles. The first kappa shape index (κ1) is 22.3. The summed E-state index contributed by atoms with van der Waals surface area (Å²) >= 11 is 0. The molecule has 0 saturated carbocycles. The zero-order valence-corrected chi connectivity index (χ0v) is 18.5. The number of benzene rings is 2. The van der Waals surface area contributed by atoms with E-state index in [4.69, 9.17) is 4.74 Å². The van der Waals surface area contributed by atoms with Gasteiger partial charge in [-0.05, 0) is 68.5 Å². The highest BCUT2D eigenvalue weighted by molar-refractivity contribution is 7.89. The highest BCUT2D eigenvalue weighted by Crippen LogP contribution is 2.24. The molecule has 30 heavy (non-hydrogen) atoms. The van der Waals surface area contributed by atoms with Gasteiger partial charge in [0.15, 0.2) is 0 Å². The summed E-state index contributed by atoms with van der Waals surface area (Å²) in [7, 11) is -3.58. The molecular weight excluding hydrogens is 400 g/mol. The summed E-state index contributed by atoms with van der Waals surface area (Å²) in [5.41, 5.74) is 2.15. The van der Waals surface area contributed by atoms with Crippen molar-refractivity contribution in [3.8, 4) is 5.75 Å².